The summed E-state index contributed by atoms with van der Waals surface area (Å²) in [6.45, 7) is 3.23. The third-order valence-corrected chi connectivity index (χ3v) is 5.64. The first kappa shape index (κ1) is 16.9. The lowest BCUT2D eigenvalue weighted by Gasteiger charge is -2.28. The maximum absolute atomic E-state index is 12.2. The van der Waals surface area contributed by atoms with Crippen molar-refractivity contribution in [3.05, 3.63) is 28.7 Å². The highest BCUT2D eigenvalue weighted by atomic mass is 79.9. The Balaban J connectivity index is 1.88. The summed E-state index contributed by atoms with van der Waals surface area (Å²) >= 11 is 3.21. The van der Waals surface area contributed by atoms with Crippen LogP contribution in [0.4, 0.5) is 0 Å². The molecular formula is C13H19BrN2O4S. The Morgan fingerprint density at radius 2 is 2.00 bits per heavy atom. The number of nitrogens with zero attached hydrogens (tertiary/aromatic N) is 1. The summed E-state index contributed by atoms with van der Waals surface area (Å²) in [5.74, 6) is 0. The zero-order chi connectivity index (χ0) is 15.3. The van der Waals surface area contributed by atoms with E-state index < -0.39 is 16.1 Å². The second-order valence-corrected chi connectivity index (χ2v) is 7.44. The number of rotatable bonds is 6. The Labute approximate surface area is 133 Å². The van der Waals surface area contributed by atoms with E-state index in [9.17, 15) is 13.5 Å². The monoisotopic (exact) mass is 378 g/mol. The average molecular weight is 379 g/mol. The van der Waals surface area contributed by atoms with Gasteiger partial charge < -0.3 is 9.84 Å². The molecular weight excluding hydrogens is 360 g/mol. The summed E-state index contributed by atoms with van der Waals surface area (Å²) < 4.78 is 32.5. The van der Waals surface area contributed by atoms with Crippen LogP contribution in [0, 0.1) is 0 Å². The van der Waals surface area contributed by atoms with Crippen LogP contribution in [0.2, 0.25) is 0 Å². The van der Waals surface area contributed by atoms with E-state index in [0.29, 0.717) is 24.2 Å². The number of benzene rings is 1. The molecule has 1 aromatic carbocycles. The number of aliphatic hydroxyl groups is 1. The maximum atomic E-state index is 12.2. The van der Waals surface area contributed by atoms with Crippen molar-refractivity contribution >= 4 is 26.0 Å². The van der Waals surface area contributed by atoms with Crippen LogP contribution < -0.4 is 4.72 Å². The van der Waals surface area contributed by atoms with Gasteiger partial charge in [-0.2, -0.15) is 0 Å². The van der Waals surface area contributed by atoms with Crippen LogP contribution in [-0.2, 0) is 14.8 Å². The molecule has 8 heteroatoms. The van der Waals surface area contributed by atoms with Crippen LogP contribution >= 0.6 is 15.9 Å². The smallest absolute Gasteiger partial charge is 0.241 e. The van der Waals surface area contributed by atoms with E-state index in [2.05, 4.69) is 25.6 Å². The molecule has 1 aliphatic heterocycles. The first-order valence-corrected chi connectivity index (χ1v) is 8.99. The Morgan fingerprint density at radius 1 is 1.33 bits per heavy atom. The van der Waals surface area contributed by atoms with Gasteiger partial charge in [0.15, 0.2) is 0 Å². The van der Waals surface area contributed by atoms with Crippen molar-refractivity contribution in [3.63, 3.8) is 0 Å². The molecule has 0 saturated carbocycles. The average Bonchev–Trinajstić information content (AvgIpc) is 2.47. The van der Waals surface area contributed by atoms with Crippen molar-refractivity contribution in [3.8, 4) is 0 Å². The van der Waals surface area contributed by atoms with Gasteiger partial charge in [0, 0.05) is 30.7 Å². The SMILES string of the molecule is O=S(=O)(NCC(O)CN1CCOCC1)c1ccccc1Br. The lowest BCUT2D eigenvalue weighted by Crippen LogP contribution is -2.44. The molecule has 1 heterocycles. The molecule has 21 heavy (non-hydrogen) atoms. The fourth-order valence-corrected chi connectivity index (χ4v) is 4.17. The van der Waals surface area contributed by atoms with Gasteiger partial charge in [0.1, 0.15) is 0 Å². The second kappa shape index (κ2) is 7.66. The highest BCUT2D eigenvalue weighted by Crippen LogP contribution is 2.20. The van der Waals surface area contributed by atoms with Crippen molar-refractivity contribution in [2.24, 2.45) is 0 Å². The van der Waals surface area contributed by atoms with E-state index >= 15 is 0 Å². The van der Waals surface area contributed by atoms with Crippen LogP contribution in [0.1, 0.15) is 0 Å². The van der Waals surface area contributed by atoms with E-state index in [1.165, 1.54) is 6.07 Å². The minimum absolute atomic E-state index is 0.0129. The maximum Gasteiger partial charge on any atom is 0.241 e. The summed E-state index contributed by atoms with van der Waals surface area (Å²) in [7, 11) is -3.63. The Morgan fingerprint density at radius 3 is 2.67 bits per heavy atom. The summed E-state index contributed by atoms with van der Waals surface area (Å²) in [6, 6.07) is 6.58. The normalized spacial score (nSPS) is 18.6. The van der Waals surface area contributed by atoms with Gasteiger partial charge in [-0.3, -0.25) is 4.90 Å². The predicted octanol–water partition coefficient (Wildman–Crippen LogP) is 0.421. The van der Waals surface area contributed by atoms with Crippen molar-refractivity contribution in [1.29, 1.82) is 0 Å². The number of ether oxygens (including phenoxy) is 1. The topological polar surface area (TPSA) is 78.9 Å². The molecule has 1 saturated heterocycles. The first-order chi connectivity index (χ1) is 9.99. The summed E-state index contributed by atoms with van der Waals surface area (Å²) in [6.07, 6.45) is -0.750. The molecule has 118 valence electrons. The lowest BCUT2D eigenvalue weighted by molar-refractivity contribution is 0.0158. The van der Waals surface area contributed by atoms with Crippen LogP contribution in [0.25, 0.3) is 0 Å². The minimum Gasteiger partial charge on any atom is -0.390 e. The third-order valence-electron chi connectivity index (χ3n) is 3.21. The molecule has 0 aromatic heterocycles. The van der Waals surface area contributed by atoms with E-state index in [1.807, 2.05) is 0 Å². The first-order valence-electron chi connectivity index (χ1n) is 6.71. The molecule has 1 unspecified atom stereocenters. The van der Waals surface area contributed by atoms with Crippen LogP contribution in [-0.4, -0.2) is 63.9 Å². The van der Waals surface area contributed by atoms with Crippen LogP contribution in [0.5, 0.6) is 0 Å². The third kappa shape index (κ3) is 5.01. The molecule has 0 amide bonds. The largest absolute Gasteiger partial charge is 0.390 e. The summed E-state index contributed by atoms with van der Waals surface area (Å²) in [5.41, 5.74) is 0. The van der Waals surface area contributed by atoms with Gasteiger partial charge in [0.2, 0.25) is 10.0 Å². The van der Waals surface area contributed by atoms with Crippen molar-refractivity contribution in [2.45, 2.75) is 11.0 Å². The van der Waals surface area contributed by atoms with E-state index in [4.69, 9.17) is 4.74 Å². The minimum atomic E-state index is -3.63. The van der Waals surface area contributed by atoms with E-state index in [1.54, 1.807) is 18.2 Å². The lowest BCUT2D eigenvalue weighted by atomic mass is 10.3. The quantitative estimate of drug-likeness (QED) is 0.749. The van der Waals surface area contributed by atoms with Crippen molar-refractivity contribution in [2.75, 3.05) is 39.4 Å². The Kier molecular flexibility index (Phi) is 6.15. The highest BCUT2D eigenvalue weighted by Gasteiger charge is 2.20. The standard InChI is InChI=1S/C13H19BrN2O4S/c14-12-3-1-2-4-13(12)21(18,19)15-9-11(17)10-16-5-7-20-8-6-16/h1-4,11,15,17H,5-10H2. The fourth-order valence-electron chi connectivity index (χ4n) is 2.09. The molecule has 0 radical (unpaired) electrons. The van der Waals surface area contributed by atoms with Gasteiger partial charge in [-0.05, 0) is 28.1 Å². The molecule has 1 aromatic rings. The second-order valence-electron chi connectivity index (χ2n) is 4.85. The highest BCUT2D eigenvalue weighted by molar-refractivity contribution is 9.10. The Bertz CT molecular complexity index is 561. The van der Waals surface area contributed by atoms with Gasteiger partial charge in [0.25, 0.3) is 0 Å². The molecule has 1 fully saturated rings. The number of sulfonamides is 1. The van der Waals surface area contributed by atoms with Gasteiger partial charge in [0.05, 0.1) is 24.2 Å². The van der Waals surface area contributed by atoms with Gasteiger partial charge in [-0.15, -0.1) is 0 Å². The number of morpholine rings is 1. The Hall–Kier alpha value is -0.510. The van der Waals surface area contributed by atoms with E-state index in [0.717, 1.165) is 13.1 Å². The molecule has 2 rings (SSSR count). The number of β-amino-alcohol motifs (C(OH)–C–C–N with tert-alkyl or cyclic N) is 1. The predicted molar refractivity (Wildman–Crippen MR) is 82.6 cm³/mol. The molecule has 0 aliphatic carbocycles. The number of aliphatic hydroxyl groups excluding tert-OH is 1. The van der Waals surface area contributed by atoms with Crippen LogP contribution in [0.3, 0.4) is 0 Å². The molecule has 6 nitrogen and oxygen atoms in total. The molecule has 1 atom stereocenters. The zero-order valence-electron chi connectivity index (χ0n) is 11.5. The van der Waals surface area contributed by atoms with Gasteiger partial charge in [-0.1, -0.05) is 12.1 Å². The van der Waals surface area contributed by atoms with Crippen molar-refractivity contribution in [1.82, 2.24) is 9.62 Å². The molecule has 2 N–H and O–H groups in total. The summed E-state index contributed by atoms with van der Waals surface area (Å²) in [4.78, 5) is 2.23. The number of nitrogens with one attached hydrogen (secondary N) is 1. The van der Waals surface area contributed by atoms with Crippen LogP contribution in [0.15, 0.2) is 33.6 Å². The summed E-state index contributed by atoms with van der Waals surface area (Å²) in [5, 5.41) is 9.96. The van der Waals surface area contributed by atoms with Crippen molar-refractivity contribution < 1.29 is 18.3 Å². The van der Waals surface area contributed by atoms with Gasteiger partial charge in [-0.25, -0.2) is 13.1 Å². The molecule has 0 spiro atoms. The fraction of sp³-hybridized carbons (Fsp3) is 0.538. The number of hydrogen-bond donors (Lipinski definition) is 2. The zero-order valence-corrected chi connectivity index (χ0v) is 13.9. The number of hydrogen-bond acceptors (Lipinski definition) is 5. The number of halogens is 1. The van der Waals surface area contributed by atoms with Gasteiger partial charge >= 0.3 is 0 Å². The molecule has 0 bridgehead atoms. The molecule has 1 aliphatic rings. The van der Waals surface area contributed by atoms with E-state index in [-0.39, 0.29) is 11.4 Å².